The predicted molar refractivity (Wildman–Crippen MR) is 106 cm³/mol. The van der Waals surface area contributed by atoms with Gasteiger partial charge >= 0.3 is 0 Å². The molecule has 1 aliphatic carbocycles. The number of imide groups is 1. The van der Waals surface area contributed by atoms with Crippen LogP contribution >= 0.6 is 11.6 Å². The molecule has 2 saturated heterocycles. The molecule has 6 nitrogen and oxygen atoms in total. The standard InChI is InChI=1S/C21H26ClN3O3/c22-17-4-2-16(3-5-17)21(8-1-9-21)20(28)24-13-10-23(11-14-24)12-15-25-18(26)6-7-19(25)27/h2-5H,1,6-15H2. The number of amides is 3. The number of carbonyl (C=O) groups is 3. The first-order chi connectivity index (χ1) is 13.5. The van der Waals surface area contributed by atoms with E-state index in [-0.39, 0.29) is 23.1 Å². The molecule has 150 valence electrons. The highest BCUT2D eigenvalue weighted by atomic mass is 35.5. The number of halogens is 1. The van der Waals surface area contributed by atoms with Crippen LogP contribution in [0.2, 0.25) is 5.02 Å². The average Bonchev–Trinajstić information content (AvgIpc) is 2.99. The third-order valence-corrected chi connectivity index (χ3v) is 6.72. The highest BCUT2D eigenvalue weighted by Gasteiger charge is 2.48. The van der Waals surface area contributed by atoms with E-state index in [0.717, 1.165) is 37.9 Å². The number of hydrogen-bond donors (Lipinski definition) is 0. The first-order valence-electron chi connectivity index (χ1n) is 10.1. The van der Waals surface area contributed by atoms with Crippen molar-refractivity contribution < 1.29 is 14.4 Å². The Morgan fingerprint density at radius 3 is 2.07 bits per heavy atom. The Kier molecular flexibility index (Phi) is 5.43. The Bertz CT molecular complexity index is 752. The van der Waals surface area contributed by atoms with Gasteiger partial charge in [-0.2, -0.15) is 0 Å². The molecule has 7 heteroatoms. The van der Waals surface area contributed by atoms with Crippen LogP contribution in [0.1, 0.15) is 37.7 Å². The van der Waals surface area contributed by atoms with Gasteiger partial charge in [-0.05, 0) is 30.5 Å². The van der Waals surface area contributed by atoms with Crippen molar-refractivity contribution in [3.05, 3.63) is 34.9 Å². The number of nitrogens with zero attached hydrogens (tertiary/aromatic N) is 3. The van der Waals surface area contributed by atoms with Crippen molar-refractivity contribution in [1.29, 1.82) is 0 Å². The lowest BCUT2D eigenvalue weighted by Gasteiger charge is -2.46. The van der Waals surface area contributed by atoms with Crippen molar-refractivity contribution in [2.45, 2.75) is 37.5 Å². The molecular formula is C21H26ClN3O3. The van der Waals surface area contributed by atoms with Gasteiger partial charge in [-0.3, -0.25) is 24.2 Å². The molecule has 0 unspecified atom stereocenters. The monoisotopic (exact) mass is 403 g/mol. The summed E-state index contributed by atoms with van der Waals surface area (Å²) in [4.78, 5) is 42.4. The summed E-state index contributed by atoms with van der Waals surface area (Å²) < 4.78 is 0. The Hall–Kier alpha value is -1.92. The minimum Gasteiger partial charge on any atom is -0.339 e. The van der Waals surface area contributed by atoms with Gasteiger partial charge in [0.05, 0.1) is 5.41 Å². The van der Waals surface area contributed by atoms with Crippen molar-refractivity contribution >= 4 is 29.3 Å². The molecule has 2 heterocycles. The minimum atomic E-state index is -0.388. The number of piperazine rings is 1. The summed E-state index contributed by atoms with van der Waals surface area (Å²) in [5.74, 6) is 0.105. The van der Waals surface area contributed by atoms with Crippen LogP contribution in [0.25, 0.3) is 0 Å². The first kappa shape index (κ1) is 19.4. The normalized spacial score (nSPS) is 22.5. The van der Waals surface area contributed by atoms with Gasteiger partial charge in [0.2, 0.25) is 17.7 Å². The Morgan fingerprint density at radius 2 is 1.54 bits per heavy atom. The fourth-order valence-electron chi connectivity index (χ4n) is 4.52. The van der Waals surface area contributed by atoms with Gasteiger partial charge in [-0.15, -0.1) is 0 Å². The lowest BCUT2D eigenvalue weighted by molar-refractivity contribution is -0.142. The molecule has 0 atom stereocenters. The molecule has 3 fully saturated rings. The third kappa shape index (κ3) is 3.55. The summed E-state index contributed by atoms with van der Waals surface area (Å²) in [7, 11) is 0. The molecule has 3 amide bonds. The highest BCUT2D eigenvalue weighted by molar-refractivity contribution is 6.30. The zero-order valence-electron chi connectivity index (χ0n) is 16.0. The molecule has 0 radical (unpaired) electrons. The van der Waals surface area contributed by atoms with Crippen molar-refractivity contribution in [3.8, 4) is 0 Å². The van der Waals surface area contributed by atoms with E-state index in [9.17, 15) is 14.4 Å². The first-order valence-corrected chi connectivity index (χ1v) is 10.5. The molecule has 4 rings (SSSR count). The van der Waals surface area contributed by atoms with Gasteiger partial charge in [0.1, 0.15) is 0 Å². The van der Waals surface area contributed by atoms with Crippen LogP contribution in [0.4, 0.5) is 0 Å². The summed E-state index contributed by atoms with van der Waals surface area (Å²) in [5.41, 5.74) is 0.683. The third-order valence-electron chi connectivity index (χ3n) is 6.47. The Labute approximate surface area is 170 Å². The fraction of sp³-hybridized carbons (Fsp3) is 0.571. The SMILES string of the molecule is O=C1CCC(=O)N1CCN1CCN(C(=O)C2(c3ccc(Cl)cc3)CCC2)CC1. The second kappa shape index (κ2) is 7.84. The van der Waals surface area contributed by atoms with Gasteiger partial charge in [-0.1, -0.05) is 30.2 Å². The quantitative estimate of drug-likeness (QED) is 0.706. The van der Waals surface area contributed by atoms with E-state index in [4.69, 9.17) is 11.6 Å². The number of benzene rings is 1. The molecule has 2 aliphatic heterocycles. The summed E-state index contributed by atoms with van der Waals surface area (Å²) >= 11 is 6.02. The second-order valence-corrected chi connectivity index (χ2v) is 8.45. The molecule has 3 aliphatic rings. The average molecular weight is 404 g/mol. The number of carbonyl (C=O) groups excluding carboxylic acids is 3. The highest BCUT2D eigenvalue weighted by Crippen LogP contribution is 2.45. The molecular weight excluding hydrogens is 378 g/mol. The summed E-state index contributed by atoms with van der Waals surface area (Å²) in [6, 6.07) is 7.70. The molecule has 1 aromatic rings. The van der Waals surface area contributed by atoms with Crippen LogP contribution in [-0.2, 0) is 19.8 Å². The molecule has 0 N–H and O–H groups in total. The van der Waals surface area contributed by atoms with E-state index in [1.807, 2.05) is 29.2 Å². The van der Waals surface area contributed by atoms with E-state index >= 15 is 0 Å². The zero-order valence-corrected chi connectivity index (χ0v) is 16.8. The van der Waals surface area contributed by atoms with Crippen LogP contribution < -0.4 is 0 Å². The molecule has 0 bridgehead atoms. The fourth-order valence-corrected chi connectivity index (χ4v) is 4.64. The zero-order chi connectivity index (χ0) is 19.7. The lowest BCUT2D eigenvalue weighted by Crippen LogP contribution is -2.57. The summed E-state index contributed by atoms with van der Waals surface area (Å²) in [5, 5.41) is 0.689. The molecule has 1 saturated carbocycles. The van der Waals surface area contributed by atoms with Crippen LogP contribution in [-0.4, -0.2) is 71.7 Å². The predicted octanol–water partition coefficient (Wildman–Crippen LogP) is 2.05. The van der Waals surface area contributed by atoms with Crippen LogP contribution in [0, 0.1) is 0 Å². The van der Waals surface area contributed by atoms with Crippen molar-refractivity contribution in [2.75, 3.05) is 39.3 Å². The minimum absolute atomic E-state index is 0.0614. The van der Waals surface area contributed by atoms with Crippen molar-refractivity contribution in [2.24, 2.45) is 0 Å². The van der Waals surface area contributed by atoms with E-state index in [2.05, 4.69) is 4.90 Å². The molecule has 0 aromatic heterocycles. The summed E-state index contributed by atoms with van der Waals surface area (Å²) in [6.45, 7) is 4.08. The largest absolute Gasteiger partial charge is 0.339 e. The van der Waals surface area contributed by atoms with Crippen LogP contribution in [0.5, 0.6) is 0 Å². The number of hydrogen-bond acceptors (Lipinski definition) is 4. The second-order valence-electron chi connectivity index (χ2n) is 8.02. The van der Waals surface area contributed by atoms with Gasteiger partial charge in [0.15, 0.2) is 0 Å². The molecule has 1 aromatic carbocycles. The topological polar surface area (TPSA) is 60.9 Å². The van der Waals surface area contributed by atoms with Gasteiger partial charge in [0.25, 0.3) is 0 Å². The van der Waals surface area contributed by atoms with Crippen LogP contribution in [0.3, 0.4) is 0 Å². The maximum Gasteiger partial charge on any atom is 0.233 e. The molecule has 0 spiro atoms. The van der Waals surface area contributed by atoms with E-state index in [1.54, 1.807) is 0 Å². The number of likely N-dealkylation sites (tertiary alicyclic amines) is 1. The maximum absolute atomic E-state index is 13.3. The van der Waals surface area contributed by atoms with Crippen LogP contribution in [0.15, 0.2) is 24.3 Å². The Morgan fingerprint density at radius 1 is 0.929 bits per heavy atom. The van der Waals surface area contributed by atoms with Crippen molar-refractivity contribution in [1.82, 2.24) is 14.7 Å². The number of rotatable bonds is 5. The lowest BCUT2D eigenvalue weighted by atomic mass is 9.63. The summed E-state index contributed by atoms with van der Waals surface area (Å²) in [6.07, 6.45) is 3.55. The van der Waals surface area contributed by atoms with E-state index in [0.29, 0.717) is 44.0 Å². The molecule has 28 heavy (non-hydrogen) atoms. The Balaban J connectivity index is 1.33. The van der Waals surface area contributed by atoms with Gasteiger partial charge in [-0.25, -0.2) is 0 Å². The van der Waals surface area contributed by atoms with E-state index < -0.39 is 0 Å². The van der Waals surface area contributed by atoms with Crippen molar-refractivity contribution in [3.63, 3.8) is 0 Å². The van der Waals surface area contributed by atoms with Gasteiger partial charge in [0, 0.05) is 57.1 Å². The van der Waals surface area contributed by atoms with Gasteiger partial charge < -0.3 is 4.90 Å². The van der Waals surface area contributed by atoms with E-state index in [1.165, 1.54) is 4.90 Å². The smallest absolute Gasteiger partial charge is 0.233 e. The maximum atomic E-state index is 13.3.